The Kier molecular flexibility index (Phi) is 7.88. The standard InChI is InChI=1S/C25H25F8N5O/c1-15(17-4-2-16(3-5-17)13-37-10-8-23(26,27)9-11-37)35-22-34-12-18-6-7-20(39)38(21(18)36-22)14-19(24(28,29)30)25(31,32)33/h2-7,12,15,19H,8-11,13-14H2,1H3,(H,34,35,36)/t15-/m0/s1. The molecule has 39 heavy (non-hydrogen) atoms. The van der Waals surface area contributed by atoms with Crippen LogP contribution in [0.1, 0.15) is 36.9 Å². The van der Waals surface area contributed by atoms with Gasteiger partial charge in [0.2, 0.25) is 5.95 Å². The van der Waals surface area contributed by atoms with Crippen LogP contribution in [0.4, 0.5) is 41.1 Å². The SMILES string of the molecule is C[C@H](Nc1ncc2ccc(=O)n(CC(C(F)(F)F)C(F)(F)F)c2n1)c1ccc(CN2CCC(F)(F)CC2)cc1. The molecule has 1 aliphatic rings. The number of anilines is 1. The maximum atomic E-state index is 13.4. The fraction of sp³-hybridized carbons (Fsp3) is 0.480. The maximum Gasteiger partial charge on any atom is 0.402 e. The van der Waals surface area contributed by atoms with Gasteiger partial charge in [-0.1, -0.05) is 24.3 Å². The first-order valence-corrected chi connectivity index (χ1v) is 12.1. The average Bonchev–Trinajstić information content (AvgIpc) is 2.83. The smallest absolute Gasteiger partial charge is 0.348 e. The first kappa shape index (κ1) is 28.7. The van der Waals surface area contributed by atoms with Gasteiger partial charge in [0, 0.05) is 56.7 Å². The van der Waals surface area contributed by atoms with Crippen molar-refractivity contribution in [2.45, 2.75) is 57.2 Å². The van der Waals surface area contributed by atoms with Gasteiger partial charge in [-0.15, -0.1) is 0 Å². The molecule has 0 spiro atoms. The lowest BCUT2D eigenvalue weighted by Gasteiger charge is -2.31. The van der Waals surface area contributed by atoms with Crippen molar-refractivity contribution >= 4 is 17.0 Å². The first-order chi connectivity index (χ1) is 18.1. The van der Waals surface area contributed by atoms with Crippen LogP contribution in [-0.2, 0) is 13.1 Å². The second kappa shape index (κ2) is 10.7. The summed E-state index contributed by atoms with van der Waals surface area (Å²) in [5.41, 5.74) is 0.262. The molecule has 0 unspecified atom stereocenters. The Morgan fingerprint density at radius 3 is 2.18 bits per heavy atom. The van der Waals surface area contributed by atoms with Gasteiger partial charge in [0.1, 0.15) is 5.65 Å². The minimum Gasteiger partial charge on any atom is -0.348 e. The molecule has 4 rings (SSSR count). The molecule has 0 aliphatic carbocycles. The lowest BCUT2D eigenvalue weighted by molar-refractivity contribution is -0.287. The van der Waals surface area contributed by atoms with E-state index in [9.17, 15) is 39.9 Å². The molecule has 0 bridgehead atoms. The summed E-state index contributed by atoms with van der Waals surface area (Å²) in [6.45, 7) is 1.18. The average molecular weight is 563 g/mol. The molecule has 3 aromatic rings. The molecular formula is C25H25F8N5O. The highest BCUT2D eigenvalue weighted by molar-refractivity contribution is 5.75. The Hall–Kier alpha value is -3.29. The van der Waals surface area contributed by atoms with E-state index in [0.717, 1.165) is 17.2 Å². The van der Waals surface area contributed by atoms with Crippen molar-refractivity contribution in [1.82, 2.24) is 19.4 Å². The zero-order valence-electron chi connectivity index (χ0n) is 20.7. The van der Waals surface area contributed by atoms with E-state index in [1.165, 1.54) is 12.3 Å². The Labute approximate surface area is 217 Å². The summed E-state index contributed by atoms with van der Waals surface area (Å²) in [5.74, 6) is -6.47. The van der Waals surface area contributed by atoms with E-state index in [0.29, 0.717) is 24.2 Å². The van der Waals surface area contributed by atoms with Crippen LogP contribution in [0.5, 0.6) is 0 Å². The van der Waals surface area contributed by atoms with Crippen LogP contribution in [-0.4, -0.2) is 50.8 Å². The highest BCUT2D eigenvalue weighted by Gasteiger charge is 2.56. The minimum atomic E-state index is -5.62. The highest BCUT2D eigenvalue weighted by atomic mass is 19.4. The number of alkyl halides is 8. The number of piperidine rings is 1. The molecule has 212 valence electrons. The Morgan fingerprint density at radius 2 is 1.59 bits per heavy atom. The minimum absolute atomic E-state index is 0.0933. The molecule has 2 aromatic heterocycles. The van der Waals surface area contributed by atoms with Gasteiger partial charge in [-0.05, 0) is 24.1 Å². The van der Waals surface area contributed by atoms with E-state index < -0.39 is 42.3 Å². The van der Waals surface area contributed by atoms with Crippen molar-refractivity contribution < 1.29 is 35.1 Å². The highest BCUT2D eigenvalue weighted by Crippen LogP contribution is 2.40. The van der Waals surface area contributed by atoms with Crippen LogP contribution in [0.25, 0.3) is 11.0 Å². The lowest BCUT2D eigenvalue weighted by Crippen LogP contribution is -2.41. The molecule has 1 aliphatic heterocycles. The van der Waals surface area contributed by atoms with Gasteiger partial charge in [-0.25, -0.2) is 13.8 Å². The number of fused-ring (bicyclic) bond motifs is 1. The van der Waals surface area contributed by atoms with Gasteiger partial charge in [0.15, 0.2) is 5.92 Å². The summed E-state index contributed by atoms with van der Waals surface area (Å²) in [7, 11) is 0. The molecule has 3 heterocycles. The molecule has 6 nitrogen and oxygen atoms in total. The lowest BCUT2D eigenvalue weighted by atomic mass is 10.0. The monoisotopic (exact) mass is 563 g/mol. The van der Waals surface area contributed by atoms with Crippen LogP contribution in [0.15, 0.2) is 47.4 Å². The van der Waals surface area contributed by atoms with Gasteiger partial charge < -0.3 is 5.32 Å². The molecule has 0 saturated carbocycles. The summed E-state index contributed by atoms with van der Waals surface area (Å²) in [5, 5.41) is 3.04. The summed E-state index contributed by atoms with van der Waals surface area (Å²) in [6, 6.07) is 8.95. The van der Waals surface area contributed by atoms with Crippen LogP contribution in [0.2, 0.25) is 0 Å². The Bertz CT molecular complexity index is 1330. The Morgan fingerprint density at radius 1 is 0.974 bits per heavy atom. The molecule has 1 aromatic carbocycles. The van der Waals surface area contributed by atoms with E-state index >= 15 is 0 Å². The number of aromatic nitrogens is 3. The number of hydrogen-bond donors (Lipinski definition) is 1. The van der Waals surface area contributed by atoms with Crippen molar-refractivity contribution in [3.05, 3.63) is 64.1 Å². The zero-order valence-corrected chi connectivity index (χ0v) is 20.7. The number of halogens is 8. The van der Waals surface area contributed by atoms with E-state index in [4.69, 9.17) is 0 Å². The summed E-state index contributed by atoms with van der Waals surface area (Å²) >= 11 is 0. The largest absolute Gasteiger partial charge is 0.402 e. The third-order valence-corrected chi connectivity index (χ3v) is 6.70. The van der Waals surface area contributed by atoms with Crippen molar-refractivity contribution in [3.8, 4) is 0 Å². The van der Waals surface area contributed by atoms with Gasteiger partial charge >= 0.3 is 12.4 Å². The van der Waals surface area contributed by atoms with E-state index in [1.54, 1.807) is 19.1 Å². The van der Waals surface area contributed by atoms with Crippen molar-refractivity contribution in [2.24, 2.45) is 5.92 Å². The summed E-state index contributed by atoms with van der Waals surface area (Å²) in [4.78, 5) is 22.4. The van der Waals surface area contributed by atoms with Crippen molar-refractivity contribution in [2.75, 3.05) is 18.4 Å². The topological polar surface area (TPSA) is 63.1 Å². The molecule has 0 radical (unpaired) electrons. The number of benzene rings is 1. The number of likely N-dealkylation sites (tertiary alicyclic amines) is 1. The quantitative estimate of drug-likeness (QED) is 0.361. The summed E-state index contributed by atoms with van der Waals surface area (Å²) in [6.07, 6.45) is -10.4. The number of nitrogens with one attached hydrogen (secondary N) is 1. The van der Waals surface area contributed by atoms with E-state index in [1.807, 2.05) is 17.0 Å². The summed E-state index contributed by atoms with van der Waals surface area (Å²) < 4.78 is 106. The molecule has 1 N–H and O–H groups in total. The first-order valence-electron chi connectivity index (χ1n) is 12.1. The molecular weight excluding hydrogens is 538 g/mol. The molecule has 1 atom stereocenters. The van der Waals surface area contributed by atoms with Crippen LogP contribution >= 0.6 is 0 Å². The van der Waals surface area contributed by atoms with E-state index in [-0.39, 0.29) is 29.8 Å². The fourth-order valence-electron chi connectivity index (χ4n) is 4.38. The number of pyridine rings is 1. The normalized spacial score (nSPS) is 17.5. The third-order valence-electron chi connectivity index (χ3n) is 6.70. The number of hydrogen-bond acceptors (Lipinski definition) is 5. The fourth-order valence-corrected chi connectivity index (χ4v) is 4.38. The molecule has 0 amide bonds. The third kappa shape index (κ3) is 7.02. The maximum absolute atomic E-state index is 13.4. The van der Waals surface area contributed by atoms with E-state index in [2.05, 4.69) is 15.3 Å². The number of rotatable bonds is 7. The number of nitrogens with zero attached hydrogens (tertiary/aromatic N) is 4. The second-order valence-electron chi connectivity index (χ2n) is 9.63. The van der Waals surface area contributed by atoms with Crippen LogP contribution < -0.4 is 10.9 Å². The molecule has 1 fully saturated rings. The van der Waals surface area contributed by atoms with Crippen molar-refractivity contribution in [1.29, 1.82) is 0 Å². The second-order valence-corrected chi connectivity index (χ2v) is 9.63. The van der Waals surface area contributed by atoms with Crippen LogP contribution in [0.3, 0.4) is 0 Å². The predicted octanol–water partition coefficient (Wildman–Crippen LogP) is 5.94. The van der Waals surface area contributed by atoms with Gasteiger partial charge in [-0.3, -0.25) is 14.3 Å². The molecule has 1 saturated heterocycles. The van der Waals surface area contributed by atoms with Gasteiger partial charge in [0.05, 0.1) is 6.04 Å². The molecule has 14 heteroatoms. The zero-order chi connectivity index (χ0) is 28.6. The van der Waals surface area contributed by atoms with Crippen molar-refractivity contribution in [3.63, 3.8) is 0 Å². The van der Waals surface area contributed by atoms with Gasteiger partial charge in [0.25, 0.3) is 11.5 Å². The van der Waals surface area contributed by atoms with Gasteiger partial charge in [-0.2, -0.15) is 31.3 Å². The Balaban J connectivity index is 1.51. The predicted molar refractivity (Wildman–Crippen MR) is 127 cm³/mol. The van der Waals surface area contributed by atoms with Crippen LogP contribution in [0, 0.1) is 5.92 Å².